The molecule has 1 aromatic rings. The van der Waals surface area contributed by atoms with Crippen LogP contribution in [0.4, 0.5) is 0 Å². The number of ether oxygens (including phenoxy) is 1. The van der Waals surface area contributed by atoms with Crippen LogP contribution in [0.5, 0.6) is 0 Å². The largest absolute Gasteiger partial charge is 0.377 e. The number of hydrogen-bond donors (Lipinski definition) is 2. The van der Waals surface area contributed by atoms with Crippen molar-refractivity contribution in [3.63, 3.8) is 0 Å². The van der Waals surface area contributed by atoms with Crippen LogP contribution in [0.2, 0.25) is 5.02 Å². The maximum absolute atomic E-state index is 6.20. The standard InChI is InChI=1S/C12H16BrClN2O/c13-9-4-3-8(10(14)7-9)6-11(16-15)12-2-1-5-17-12/h3-4,7,11-12,16H,1-2,5-6,15H2. The summed E-state index contributed by atoms with van der Waals surface area (Å²) in [6.45, 7) is 0.830. The molecule has 0 radical (unpaired) electrons. The van der Waals surface area contributed by atoms with Crippen molar-refractivity contribution < 1.29 is 4.74 Å². The number of halogens is 2. The fourth-order valence-corrected chi connectivity index (χ4v) is 2.89. The van der Waals surface area contributed by atoms with Gasteiger partial charge in [-0.1, -0.05) is 33.6 Å². The molecule has 94 valence electrons. The van der Waals surface area contributed by atoms with E-state index in [9.17, 15) is 0 Å². The first kappa shape index (κ1) is 13.3. The zero-order chi connectivity index (χ0) is 12.3. The molecule has 0 bridgehead atoms. The number of nitrogens with one attached hydrogen (secondary N) is 1. The highest BCUT2D eigenvalue weighted by Gasteiger charge is 2.25. The van der Waals surface area contributed by atoms with E-state index in [1.54, 1.807) is 0 Å². The average molecular weight is 320 g/mol. The number of rotatable bonds is 4. The van der Waals surface area contributed by atoms with Gasteiger partial charge in [-0.2, -0.15) is 0 Å². The molecule has 5 heteroatoms. The monoisotopic (exact) mass is 318 g/mol. The molecule has 1 fully saturated rings. The minimum atomic E-state index is 0.121. The fraction of sp³-hybridized carbons (Fsp3) is 0.500. The fourth-order valence-electron chi connectivity index (χ4n) is 2.14. The Morgan fingerprint density at radius 1 is 1.59 bits per heavy atom. The third kappa shape index (κ3) is 3.42. The molecule has 1 aromatic carbocycles. The Bertz CT molecular complexity index is 383. The lowest BCUT2D eigenvalue weighted by Gasteiger charge is -2.22. The van der Waals surface area contributed by atoms with Crippen LogP contribution in [0.15, 0.2) is 22.7 Å². The van der Waals surface area contributed by atoms with E-state index in [4.69, 9.17) is 22.2 Å². The summed E-state index contributed by atoms with van der Waals surface area (Å²) in [6.07, 6.45) is 3.15. The number of hydrogen-bond acceptors (Lipinski definition) is 3. The molecule has 1 heterocycles. The van der Waals surface area contributed by atoms with Crippen molar-refractivity contribution in [1.82, 2.24) is 5.43 Å². The van der Waals surface area contributed by atoms with Crippen LogP contribution in [0, 0.1) is 0 Å². The van der Waals surface area contributed by atoms with Crippen molar-refractivity contribution in [2.45, 2.75) is 31.4 Å². The number of nitrogens with two attached hydrogens (primary N) is 1. The summed E-state index contributed by atoms with van der Waals surface area (Å²) < 4.78 is 6.63. The van der Waals surface area contributed by atoms with Crippen LogP contribution in [0.3, 0.4) is 0 Å². The molecule has 0 spiro atoms. The molecule has 0 aromatic heterocycles. The van der Waals surface area contributed by atoms with Crippen molar-refractivity contribution in [2.24, 2.45) is 5.84 Å². The molecular weight excluding hydrogens is 304 g/mol. The van der Waals surface area contributed by atoms with Gasteiger partial charge in [-0.05, 0) is 37.0 Å². The van der Waals surface area contributed by atoms with Gasteiger partial charge in [0, 0.05) is 16.1 Å². The van der Waals surface area contributed by atoms with Gasteiger partial charge in [0.1, 0.15) is 0 Å². The number of benzene rings is 1. The maximum atomic E-state index is 6.20. The summed E-state index contributed by atoms with van der Waals surface area (Å²) in [7, 11) is 0. The zero-order valence-corrected chi connectivity index (χ0v) is 11.8. The molecule has 3 nitrogen and oxygen atoms in total. The predicted molar refractivity (Wildman–Crippen MR) is 72.9 cm³/mol. The number of hydrazine groups is 1. The van der Waals surface area contributed by atoms with Gasteiger partial charge in [0.15, 0.2) is 0 Å². The summed E-state index contributed by atoms with van der Waals surface area (Å²) in [4.78, 5) is 0. The molecule has 2 atom stereocenters. The summed E-state index contributed by atoms with van der Waals surface area (Å²) in [5, 5.41) is 0.762. The molecule has 0 aliphatic carbocycles. The van der Waals surface area contributed by atoms with E-state index in [-0.39, 0.29) is 12.1 Å². The first-order valence-corrected chi connectivity index (χ1v) is 6.89. The quantitative estimate of drug-likeness (QED) is 0.662. The van der Waals surface area contributed by atoms with Crippen molar-refractivity contribution in [3.8, 4) is 0 Å². The average Bonchev–Trinajstić information content (AvgIpc) is 2.81. The third-order valence-corrected chi connectivity index (χ3v) is 3.93. The Morgan fingerprint density at radius 2 is 2.41 bits per heavy atom. The van der Waals surface area contributed by atoms with E-state index in [1.165, 1.54) is 0 Å². The van der Waals surface area contributed by atoms with E-state index in [1.807, 2.05) is 18.2 Å². The molecule has 3 N–H and O–H groups in total. The highest BCUT2D eigenvalue weighted by atomic mass is 79.9. The van der Waals surface area contributed by atoms with Crippen molar-refractivity contribution >= 4 is 27.5 Å². The Morgan fingerprint density at radius 3 is 3.00 bits per heavy atom. The van der Waals surface area contributed by atoms with Crippen molar-refractivity contribution in [1.29, 1.82) is 0 Å². The Hall–Kier alpha value is -0.130. The van der Waals surface area contributed by atoms with Crippen LogP contribution in [0.25, 0.3) is 0 Å². The van der Waals surface area contributed by atoms with E-state index < -0.39 is 0 Å². The highest BCUT2D eigenvalue weighted by Crippen LogP contribution is 2.25. The van der Waals surface area contributed by atoms with Gasteiger partial charge < -0.3 is 4.74 Å². The Labute approximate surface area is 115 Å². The van der Waals surface area contributed by atoms with Crippen molar-refractivity contribution in [2.75, 3.05) is 6.61 Å². The second kappa shape index (κ2) is 6.16. The molecule has 0 saturated carbocycles. The van der Waals surface area contributed by atoms with Crippen LogP contribution in [-0.4, -0.2) is 18.8 Å². The second-order valence-corrected chi connectivity index (χ2v) is 5.59. The third-order valence-electron chi connectivity index (χ3n) is 3.08. The topological polar surface area (TPSA) is 47.3 Å². The Balaban J connectivity index is 2.06. The normalized spacial score (nSPS) is 21.7. The van der Waals surface area contributed by atoms with Gasteiger partial charge in [-0.3, -0.25) is 11.3 Å². The van der Waals surface area contributed by atoms with Gasteiger partial charge in [0.05, 0.1) is 12.1 Å². The lowest BCUT2D eigenvalue weighted by Crippen LogP contribution is -2.45. The summed E-state index contributed by atoms with van der Waals surface area (Å²) >= 11 is 9.59. The zero-order valence-electron chi connectivity index (χ0n) is 9.46. The van der Waals surface area contributed by atoms with Gasteiger partial charge in [0.25, 0.3) is 0 Å². The smallest absolute Gasteiger partial charge is 0.0745 e. The summed E-state index contributed by atoms with van der Waals surface area (Å²) in [5.74, 6) is 5.60. The first-order chi connectivity index (χ1) is 8.20. The molecule has 1 aliphatic heterocycles. The van der Waals surface area contributed by atoms with Crippen molar-refractivity contribution in [3.05, 3.63) is 33.3 Å². The molecule has 1 aliphatic rings. The van der Waals surface area contributed by atoms with Gasteiger partial charge in [0.2, 0.25) is 0 Å². The van der Waals surface area contributed by atoms with Gasteiger partial charge in [-0.15, -0.1) is 0 Å². The second-order valence-electron chi connectivity index (χ2n) is 4.26. The van der Waals surface area contributed by atoms with Crippen LogP contribution in [-0.2, 0) is 11.2 Å². The molecule has 2 unspecified atom stereocenters. The van der Waals surface area contributed by atoms with E-state index >= 15 is 0 Å². The summed E-state index contributed by atoms with van der Waals surface area (Å²) in [6, 6.07) is 6.03. The van der Waals surface area contributed by atoms with Crippen LogP contribution < -0.4 is 11.3 Å². The van der Waals surface area contributed by atoms with E-state index in [0.717, 1.165) is 40.9 Å². The Kier molecular flexibility index (Phi) is 4.82. The van der Waals surface area contributed by atoms with E-state index in [0.29, 0.717) is 0 Å². The first-order valence-electron chi connectivity index (χ1n) is 5.72. The maximum Gasteiger partial charge on any atom is 0.0745 e. The van der Waals surface area contributed by atoms with Crippen LogP contribution >= 0.6 is 27.5 Å². The molecule has 1 saturated heterocycles. The molecular formula is C12H16BrClN2O. The minimum Gasteiger partial charge on any atom is -0.377 e. The molecule has 2 rings (SSSR count). The lowest BCUT2D eigenvalue weighted by molar-refractivity contribution is 0.0784. The van der Waals surface area contributed by atoms with E-state index in [2.05, 4.69) is 21.4 Å². The predicted octanol–water partition coefficient (Wildman–Crippen LogP) is 2.66. The molecule has 17 heavy (non-hydrogen) atoms. The highest BCUT2D eigenvalue weighted by molar-refractivity contribution is 9.10. The van der Waals surface area contributed by atoms with Gasteiger partial charge >= 0.3 is 0 Å². The lowest BCUT2D eigenvalue weighted by atomic mass is 10.00. The molecule has 0 amide bonds. The minimum absolute atomic E-state index is 0.121. The summed E-state index contributed by atoms with van der Waals surface area (Å²) in [5.41, 5.74) is 3.93. The van der Waals surface area contributed by atoms with Crippen LogP contribution in [0.1, 0.15) is 18.4 Å². The van der Waals surface area contributed by atoms with Gasteiger partial charge in [-0.25, -0.2) is 0 Å². The SMILES string of the molecule is NNC(Cc1ccc(Br)cc1Cl)C1CCCO1.